The van der Waals surface area contributed by atoms with Crippen molar-refractivity contribution in [1.82, 2.24) is 9.80 Å². The van der Waals surface area contributed by atoms with Gasteiger partial charge in [0.25, 0.3) is 5.91 Å². The molecule has 0 spiro atoms. The summed E-state index contributed by atoms with van der Waals surface area (Å²) in [6, 6.07) is 3.95. The molecule has 6 nitrogen and oxygen atoms in total. The number of carbonyl (C=O) groups excluding carboxylic acids is 1. The van der Waals surface area contributed by atoms with E-state index in [0.717, 1.165) is 25.8 Å². The minimum absolute atomic E-state index is 0.0569. The minimum Gasteiger partial charge on any atom is -0.453 e. The van der Waals surface area contributed by atoms with E-state index < -0.39 is 0 Å². The maximum absolute atomic E-state index is 12.6. The molecule has 0 saturated carbocycles. The van der Waals surface area contributed by atoms with Gasteiger partial charge < -0.3 is 24.1 Å². The molecule has 0 aliphatic carbocycles. The van der Waals surface area contributed by atoms with Gasteiger partial charge in [0.1, 0.15) is 12.4 Å². The van der Waals surface area contributed by atoms with Crippen LogP contribution in [0.25, 0.3) is 0 Å². The molecule has 1 amide bonds. The molecule has 1 aliphatic rings. The maximum atomic E-state index is 12.6. The lowest BCUT2D eigenvalue weighted by molar-refractivity contribution is 0.0464. The number of aliphatic hydroxyl groups is 1. The van der Waals surface area contributed by atoms with Crippen LogP contribution in [0.15, 0.2) is 16.5 Å². The second-order valence-corrected chi connectivity index (χ2v) is 6.40. The van der Waals surface area contributed by atoms with E-state index in [0.29, 0.717) is 36.6 Å². The topological polar surface area (TPSA) is 66.2 Å². The van der Waals surface area contributed by atoms with Crippen molar-refractivity contribution in [1.29, 1.82) is 0 Å². The summed E-state index contributed by atoms with van der Waals surface area (Å²) < 4.78 is 10.6. The molecular formula is C17H28N2O4. The zero-order chi connectivity index (χ0) is 16.8. The van der Waals surface area contributed by atoms with Gasteiger partial charge in [0.15, 0.2) is 5.76 Å². The molecule has 0 bridgehead atoms. The van der Waals surface area contributed by atoms with Crippen LogP contribution < -0.4 is 0 Å². The third-order valence-corrected chi connectivity index (χ3v) is 4.54. The number of piperidine rings is 1. The number of furan rings is 1. The number of hydrogen-bond donors (Lipinski definition) is 1. The van der Waals surface area contributed by atoms with Gasteiger partial charge in [-0.1, -0.05) is 0 Å². The van der Waals surface area contributed by atoms with E-state index in [4.69, 9.17) is 14.3 Å². The lowest BCUT2D eigenvalue weighted by atomic mass is 9.87. The van der Waals surface area contributed by atoms with E-state index >= 15 is 0 Å². The summed E-state index contributed by atoms with van der Waals surface area (Å²) in [4.78, 5) is 16.7. The number of nitrogens with zero attached hydrogens (tertiary/aromatic N) is 2. The zero-order valence-corrected chi connectivity index (χ0v) is 14.3. The van der Waals surface area contributed by atoms with Gasteiger partial charge in [0.05, 0.1) is 0 Å². The van der Waals surface area contributed by atoms with Gasteiger partial charge in [0.2, 0.25) is 0 Å². The molecule has 23 heavy (non-hydrogen) atoms. The quantitative estimate of drug-likeness (QED) is 0.825. The first-order valence-electron chi connectivity index (χ1n) is 8.21. The molecule has 1 fully saturated rings. The average Bonchev–Trinajstić information content (AvgIpc) is 3.00. The van der Waals surface area contributed by atoms with Crippen molar-refractivity contribution in [2.45, 2.75) is 31.9 Å². The molecule has 6 heteroatoms. The minimum atomic E-state index is -0.0569. The van der Waals surface area contributed by atoms with Crippen LogP contribution in [0.2, 0.25) is 0 Å². The predicted octanol–water partition coefficient (Wildman–Crippen LogP) is 1.59. The van der Waals surface area contributed by atoms with Crippen molar-refractivity contribution in [3.8, 4) is 0 Å². The highest BCUT2D eigenvalue weighted by atomic mass is 16.5. The molecule has 1 N–H and O–H groups in total. The summed E-state index contributed by atoms with van der Waals surface area (Å²) in [5.41, 5.74) is 0. The first-order chi connectivity index (χ1) is 11.1. The van der Waals surface area contributed by atoms with Crippen molar-refractivity contribution in [2.75, 3.05) is 40.9 Å². The molecule has 1 aromatic rings. The second-order valence-electron chi connectivity index (χ2n) is 6.40. The number of methoxy groups -OCH3 is 1. The molecule has 2 atom stereocenters. The van der Waals surface area contributed by atoms with E-state index in [1.807, 2.05) is 4.90 Å². The van der Waals surface area contributed by atoms with Gasteiger partial charge >= 0.3 is 0 Å². The predicted molar refractivity (Wildman–Crippen MR) is 87.2 cm³/mol. The molecule has 0 aromatic carbocycles. The third kappa shape index (κ3) is 4.56. The van der Waals surface area contributed by atoms with Crippen LogP contribution >= 0.6 is 0 Å². The SMILES string of the molecule is COCc1ccc(C(=O)N2CC[C@@H](N(C)C)[C@@H](CCCO)C2)o1. The molecule has 1 saturated heterocycles. The lowest BCUT2D eigenvalue weighted by Gasteiger charge is -2.41. The van der Waals surface area contributed by atoms with E-state index in [2.05, 4.69) is 19.0 Å². The van der Waals surface area contributed by atoms with Crippen LogP contribution in [0.5, 0.6) is 0 Å². The molecule has 1 aliphatic heterocycles. The van der Waals surface area contributed by atoms with Crippen molar-refractivity contribution in [2.24, 2.45) is 5.92 Å². The van der Waals surface area contributed by atoms with Gasteiger partial charge in [-0.05, 0) is 51.4 Å². The smallest absolute Gasteiger partial charge is 0.289 e. The highest BCUT2D eigenvalue weighted by Gasteiger charge is 2.33. The number of likely N-dealkylation sites (tertiary alicyclic amines) is 1. The fourth-order valence-electron chi connectivity index (χ4n) is 3.39. The number of aliphatic hydroxyl groups excluding tert-OH is 1. The molecule has 1 aromatic heterocycles. The number of hydrogen-bond acceptors (Lipinski definition) is 5. The Balaban J connectivity index is 2.02. The van der Waals surface area contributed by atoms with Gasteiger partial charge in [0, 0.05) is 32.8 Å². The van der Waals surface area contributed by atoms with Crippen LogP contribution in [0, 0.1) is 5.92 Å². The first kappa shape index (κ1) is 18.0. The number of carbonyl (C=O) groups is 1. The maximum Gasteiger partial charge on any atom is 0.289 e. The van der Waals surface area contributed by atoms with E-state index in [1.165, 1.54) is 0 Å². The second kappa shape index (κ2) is 8.47. The fourth-order valence-corrected chi connectivity index (χ4v) is 3.39. The van der Waals surface area contributed by atoms with Gasteiger partial charge in [-0.3, -0.25) is 4.79 Å². The summed E-state index contributed by atoms with van der Waals surface area (Å²) in [7, 11) is 5.76. The Labute approximate surface area is 138 Å². The summed E-state index contributed by atoms with van der Waals surface area (Å²) >= 11 is 0. The lowest BCUT2D eigenvalue weighted by Crippen LogP contribution is -2.50. The number of amides is 1. The highest BCUT2D eigenvalue weighted by molar-refractivity contribution is 5.91. The zero-order valence-electron chi connectivity index (χ0n) is 14.3. The Morgan fingerprint density at radius 3 is 2.91 bits per heavy atom. The molecule has 2 heterocycles. The Hall–Kier alpha value is -1.37. The van der Waals surface area contributed by atoms with Crippen LogP contribution in [-0.4, -0.2) is 67.8 Å². The molecule has 130 valence electrons. The Morgan fingerprint density at radius 1 is 1.48 bits per heavy atom. The van der Waals surface area contributed by atoms with Crippen LogP contribution in [0.1, 0.15) is 35.6 Å². The van der Waals surface area contributed by atoms with Crippen LogP contribution in [0.3, 0.4) is 0 Å². The standard InChI is InChI=1S/C17H28N2O4/c1-18(2)15-8-9-19(11-13(15)5-4-10-20)17(21)16-7-6-14(23-16)12-22-3/h6-7,13,15,20H,4-5,8-12H2,1-3H3/t13-,15+/m0/s1. The first-order valence-corrected chi connectivity index (χ1v) is 8.21. The Morgan fingerprint density at radius 2 is 2.26 bits per heavy atom. The normalized spacial score (nSPS) is 21.9. The van der Waals surface area contributed by atoms with Gasteiger partial charge in [-0.2, -0.15) is 0 Å². The monoisotopic (exact) mass is 324 g/mol. The van der Waals surface area contributed by atoms with Crippen molar-refractivity contribution < 1.29 is 19.1 Å². The summed E-state index contributed by atoms with van der Waals surface area (Å²) in [5.74, 6) is 1.36. The molecule has 2 rings (SSSR count). The van der Waals surface area contributed by atoms with E-state index in [1.54, 1.807) is 19.2 Å². The highest BCUT2D eigenvalue weighted by Crippen LogP contribution is 2.26. The Bertz CT molecular complexity index is 501. The summed E-state index contributed by atoms with van der Waals surface area (Å²) in [6.07, 6.45) is 2.65. The van der Waals surface area contributed by atoms with Crippen LogP contribution in [0.4, 0.5) is 0 Å². The van der Waals surface area contributed by atoms with Crippen LogP contribution in [-0.2, 0) is 11.3 Å². The number of ether oxygens (including phenoxy) is 1. The van der Waals surface area contributed by atoms with E-state index in [9.17, 15) is 4.79 Å². The van der Waals surface area contributed by atoms with Gasteiger partial charge in [-0.15, -0.1) is 0 Å². The van der Waals surface area contributed by atoms with Crippen molar-refractivity contribution >= 4 is 5.91 Å². The van der Waals surface area contributed by atoms with Crippen molar-refractivity contribution in [3.05, 3.63) is 23.7 Å². The van der Waals surface area contributed by atoms with Crippen molar-refractivity contribution in [3.63, 3.8) is 0 Å². The van der Waals surface area contributed by atoms with Gasteiger partial charge in [-0.25, -0.2) is 0 Å². The molecule has 0 unspecified atom stereocenters. The average molecular weight is 324 g/mol. The fraction of sp³-hybridized carbons (Fsp3) is 0.706. The number of rotatable bonds is 7. The third-order valence-electron chi connectivity index (χ3n) is 4.54. The largest absolute Gasteiger partial charge is 0.453 e. The molecule has 0 radical (unpaired) electrons. The summed E-state index contributed by atoms with van der Waals surface area (Å²) in [5, 5.41) is 9.11. The molecular weight excluding hydrogens is 296 g/mol. The Kier molecular flexibility index (Phi) is 6.62. The summed E-state index contributed by atoms with van der Waals surface area (Å²) in [6.45, 7) is 2.01. The van der Waals surface area contributed by atoms with E-state index in [-0.39, 0.29) is 12.5 Å².